The summed E-state index contributed by atoms with van der Waals surface area (Å²) in [5.41, 5.74) is 0. The summed E-state index contributed by atoms with van der Waals surface area (Å²) in [4.78, 5) is 25.5. The maximum atomic E-state index is 12.0. The smallest absolute Gasteiger partial charge is 0.245 e. The van der Waals surface area contributed by atoms with Gasteiger partial charge in [-0.15, -0.1) is 0 Å². The first kappa shape index (κ1) is 16.2. The van der Waals surface area contributed by atoms with Crippen molar-refractivity contribution in [3.8, 4) is 0 Å². The first-order valence-corrected chi connectivity index (χ1v) is 6.93. The summed E-state index contributed by atoms with van der Waals surface area (Å²) in [6, 6.07) is 1.64. The fourth-order valence-electron chi connectivity index (χ4n) is 1.82. The molecule has 0 bridgehead atoms. The normalized spacial score (nSPS) is 10.7. The minimum Gasteiger partial charge on any atom is -0.360 e. The number of hydrogen-bond donors (Lipinski definition) is 1. The van der Waals surface area contributed by atoms with Crippen molar-refractivity contribution in [2.24, 2.45) is 5.92 Å². The molecule has 1 heterocycles. The van der Waals surface area contributed by atoms with Crippen molar-refractivity contribution in [3.05, 3.63) is 11.8 Å². The number of rotatable bonds is 7. The van der Waals surface area contributed by atoms with Gasteiger partial charge in [-0.3, -0.25) is 9.59 Å². The Hall–Kier alpha value is -1.85. The lowest BCUT2D eigenvalue weighted by molar-refractivity contribution is -0.135. The van der Waals surface area contributed by atoms with E-state index < -0.39 is 0 Å². The Labute approximate surface area is 119 Å². The lowest BCUT2D eigenvalue weighted by atomic mass is 10.1. The van der Waals surface area contributed by atoms with E-state index in [2.05, 4.69) is 10.5 Å². The van der Waals surface area contributed by atoms with E-state index in [9.17, 15) is 9.59 Å². The molecule has 0 atom stereocenters. The first-order valence-electron chi connectivity index (χ1n) is 6.93. The fraction of sp³-hybridized carbons (Fsp3) is 0.643. The Morgan fingerprint density at radius 3 is 2.65 bits per heavy atom. The van der Waals surface area contributed by atoms with Crippen LogP contribution in [0.15, 0.2) is 10.6 Å². The van der Waals surface area contributed by atoms with Crippen molar-refractivity contribution in [1.82, 2.24) is 10.1 Å². The molecule has 0 fully saturated rings. The number of carbonyl (C=O) groups is 2. The second kappa shape index (κ2) is 7.67. The minimum atomic E-state index is -0.260. The maximum absolute atomic E-state index is 12.0. The van der Waals surface area contributed by atoms with Crippen LogP contribution in [0.1, 0.15) is 39.4 Å². The number of nitrogens with one attached hydrogen (secondary N) is 1. The van der Waals surface area contributed by atoms with Gasteiger partial charge in [0.05, 0.1) is 6.54 Å². The lowest BCUT2D eigenvalue weighted by Crippen LogP contribution is -2.39. The molecule has 1 aromatic heterocycles. The monoisotopic (exact) mass is 281 g/mol. The van der Waals surface area contributed by atoms with Crippen LogP contribution < -0.4 is 5.32 Å². The number of nitrogens with zero attached hydrogens (tertiary/aromatic N) is 2. The highest BCUT2D eigenvalue weighted by molar-refractivity contribution is 5.93. The van der Waals surface area contributed by atoms with E-state index in [1.165, 1.54) is 0 Å². The molecule has 2 amide bonds. The predicted molar refractivity (Wildman–Crippen MR) is 76.2 cm³/mol. The van der Waals surface area contributed by atoms with Crippen LogP contribution in [-0.2, 0) is 9.59 Å². The molecule has 1 N–H and O–H groups in total. The van der Waals surface area contributed by atoms with Crippen LogP contribution in [0.3, 0.4) is 0 Å². The summed E-state index contributed by atoms with van der Waals surface area (Å²) in [6.07, 6.45) is 1.27. The Bertz CT molecular complexity index is 454. The third-order valence-electron chi connectivity index (χ3n) is 2.66. The highest BCUT2D eigenvalue weighted by Crippen LogP contribution is 2.08. The summed E-state index contributed by atoms with van der Waals surface area (Å²) in [7, 11) is 0. The van der Waals surface area contributed by atoms with Crippen molar-refractivity contribution >= 4 is 17.6 Å². The Morgan fingerprint density at radius 2 is 2.15 bits per heavy atom. The molecule has 112 valence electrons. The molecule has 0 radical (unpaired) electrons. The third kappa shape index (κ3) is 5.42. The van der Waals surface area contributed by atoms with Crippen LogP contribution >= 0.6 is 0 Å². The van der Waals surface area contributed by atoms with Crippen molar-refractivity contribution in [2.45, 2.75) is 40.5 Å². The number of anilines is 1. The number of carbonyl (C=O) groups excluding carboxylic acids is 2. The molecule has 0 saturated heterocycles. The molecule has 0 spiro atoms. The summed E-state index contributed by atoms with van der Waals surface area (Å²) >= 11 is 0. The van der Waals surface area contributed by atoms with Crippen molar-refractivity contribution in [2.75, 3.05) is 18.4 Å². The quantitative estimate of drug-likeness (QED) is 0.831. The molecule has 0 aliphatic heterocycles. The van der Waals surface area contributed by atoms with Crippen LogP contribution in [0.4, 0.5) is 5.82 Å². The van der Waals surface area contributed by atoms with Gasteiger partial charge >= 0.3 is 0 Å². The number of aryl methyl sites for hydroxylation is 1. The number of aromatic nitrogens is 1. The van der Waals surface area contributed by atoms with Gasteiger partial charge in [0.15, 0.2) is 5.82 Å². The van der Waals surface area contributed by atoms with Gasteiger partial charge in [0.1, 0.15) is 5.76 Å². The summed E-state index contributed by atoms with van der Waals surface area (Å²) < 4.78 is 4.87. The van der Waals surface area contributed by atoms with Crippen molar-refractivity contribution in [3.63, 3.8) is 0 Å². The summed E-state index contributed by atoms with van der Waals surface area (Å²) in [5, 5.41) is 6.31. The van der Waals surface area contributed by atoms with Crippen LogP contribution in [-0.4, -0.2) is 35.0 Å². The molecule has 0 saturated carbocycles. The molecular weight excluding hydrogens is 258 g/mol. The van der Waals surface area contributed by atoms with E-state index in [4.69, 9.17) is 4.52 Å². The van der Waals surface area contributed by atoms with Gasteiger partial charge in [-0.25, -0.2) is 0 Å². The molecular formula is C14H23N3O3. The summed E-state index contributed by atoms with van der Waals surface area (Å²) in [5.74, 6) is 1.03. The van der Waals surface area contributed by atoms with E-state index in [1.54, 1.807) is 17.9 Å². The van der Waals surface area contributed by atoms with E-state index in [0.717, 1.165) is 6.42 Å². The maximum Gasteiger partial charge on any atom is 0.245 e. The van der Waals surface area contributed by atoms with Crippen molar-refractivity contribution < 1.29 is 14.1 Å². The van der Waals surface area contributed by atoms with Gasteiger partial charge in [-0.2, -0.15) is 0 Å². The zero-order valence-electron chi connectivity index (χ0n) is 12.6. The molecule has 20 heavy (non-hydrogen) atoms. The molecule has 6 heteroatoms. The SMILES string of the molecule is CCCN(CC(=O)Nc1cc(C)on1)C(=O)CC(C)C. The molecule has 6 nitrogen and oxygen atoms in total. The second-order valence-corrected chi connectivity index (χ2v) is 5.28. The van der Waals surface area contributed by atoms with Gasteiger partial charge in [-0.05, 0) is 19.3 Å². The van der Waals surface area contributed by atoms with Gasteiger partial charge in [0, 0.05) is 19.0 Å². The zero-order chi connectivity index (χ0) is 15.1. The summed E-state index contributed by atoms with van der Waals surface area (Å²) in [6.45, 7) is 8.33. The average Bonchev–Trinajstić information content (AvgIpc) is 2.73. The predicted octanol–water partition coefficient (Wildman–Crippen LogP) is 2.21. The van der Waals surface area contributed by atoms with E-state index in [1.807, 2.05) is 20.8 Å². The number of amides is 2. The van der Waals surface area contributed by atoms with Crippen LogP contribution in [0.25, 0.3) is 0 Å². The van der Waals surface area contributed by atoms with Gasteiger partial charge in [-0.1, -0.05) is 25.9 Å². The van der Waals surface area contributed by atoms with Crippen LogP contribution in [0, 0.1) is 12.8 Å². The molecule has 0 aliphatic carbocycles. The minimum absolute atomic E-state index is 0.00772. The Morgan fingerprint density at radius 1 is 1.45 bits per heavy atom. The highest BCUT2D eigenvalue weighted by atomic mass is 16.5. The van der Waals surface area contributed by atoms with Gasteiger partial charge < -0.3 is 14.7 Å². The molecule has 1 rings (SSSR count). The van der Waals surface area contributed by atoms with E-state index in [0.29, 0.717) is 24.5 Å². The number of hydrogen-bond acceptors (Lipinski definition) is 4. The van der Waals surface area contributed by atoms with Crippen LogP contribution in [0.5, 0.6) is 0 Å². The van der Waals surface area contributed by atoms with E-state index >= 15 is 0 Å². The molecule has 1 aromatic rings. The highest BCUT2D eigenvalue weighted by Gasteiger charge is 2.18. The Kier molecular flexibility index (Phi) is 6.21. The fourth-order valence-corrected chi connectivity index (χ4v) is 1.82. The van der Waals surface area contributed by atoms with Crippen molar-refractivity contribution in [1.29, 1.82) is 0 Å². The van der Waals surface area contributed by atoms with Gasteiger partial charge in [0.2, 0.25) is 11.8 Å². The molecule has 0 aromatic carbocycles. The molecule has 0 unspecified atom stereocenters. The standard InChI is InChI=1S/C14H23N3O3/c1-5-6-17(14(19)7-10(2)3)9-13(18)15-12-8-11(4)20-16-12/h8,10H,5-7,9H2,1-4H3,(H,15,16,18). The lowest BCUT2D eigenvalue weighted by Gasteiger charge is -2.22. The molecule has 0 aliphatic rings. The Balaban J connectivity index is 2.56. The average molecular weight is 281 g/mol. The van der Waals surface area contributed by atoms with Gasteiger partial charge in [0.25, 0.3) is 0 Å². The topological polar surface area (TPSA) is 75.4 Å². The van der Waals surface area contributed by atoms with Crippen LogP contribution in [0.2, 0.25) is 0 Å². The third-order valence-corrected chi connectivity index (χ3v) is 2.66. The zero-order valence-corrected chi connectivity index (χ0v) is 12.6. The first-order chi connectivity index (χ1) is 9.42. The second-order valence-electron chi connectivity index (χ2n) is 5.28. The van der Waals surface area contributed by atoms with E-state index in [-0.39, 0.29) is 24.3 Å². The largest absolute Gasteiger partial charge is 0.360 e.